The van der Waals surface area contributed by atoms with Crippen LogP contribution in [0.15, 0.2) is 42.5 Å². The van der Waals surface area contributed by atoms with Crippen LogP contribution in [0.1, 0.15) is 59.1 Å². The van der Waals surface area contributed by atoms with Gasteiger partial charge in [0.1, 0.15) is 17.1 Å². The maximum Gasteiger partial charge on any atom is 0.272 e. The van der Waals surface area contributed by atoms with E-state index in [1.165, 1.54) is 0 Å². The zero-order valence-electron chi connectivity index (χ0n) is 16.5. The van der Waals surface area contributed by atoms with E-state index in [9.17, 15) is 9.59 Å². The van der Waals surface area contributed by atoms with Gasteiger partial charge >= 0.3 is 0 Å². The highest BCUT2D eigenvalue weighted by atomic mass is 16.5. The van der Waals surface area contributed by atoms with Crippen LogP contribution in [-0.2, 0) is 6.54 Å². The van der Waals surface area contributed by atoms with Crippen LogP contribution >= 0.6 is 0 Å². The van der Waals surface area contributed by atoms with Crippen LogP contribution in [0.25, 0.3) is 0 Å². The third kappa shape index (κ3) is 4.68. The highest BCUT2D eigenvalue weighted by Gasteiger charge is 2.27. The van der Waals surface area contributed by atoms with E-state index in [1.807, 2.05) is 29.2 Å². The summed E-state index contributed by atoms with van der Waals surface area (Å²) >= 11 is 0. The van der Waals surface area contributed by atoms with Gasteiger partial charge in [0.05, 0.1) is 7.11 Å². The van der Waals surface area contributed by atoms with Gasteiger partial charge in [-0.25, -0.2) is 4.98 Å². The number of carbonyl (C=O) groups excluding carboxylic acids is 2. The fraction of sp³-hybridized carbons (Fsp3) is 0.409. The summed E-state index contributed by atoms with van der Waals surface area (Å²) in [7, 11) is 1.61. The summed E-state index contributed by atoms with van der Waals surface area (Å²) < 4.78 is 5.13. The van der Waals surface area contributed by atoms with Gasteiger partial charge < -0.3 is 15.0 Å². The molecule has 0 radical (unpaired) electrons. The highest BCUT2D eigenvalue weighted by Crippen LogP contribution is 2.21. The van der Waals surface area contributed by atoms with Crippen molar-refractivity contribution in [2.24, 2.45) is 0 Å². The van der Waals surface area contributed by atoms with Gasteiger partial charge in [-0.3, -0.25) is 9.59 Å². The first kappa shape index (κ1) is 19.9. The maximum atomic E-state index is 12.9. The number of pyridine rings is 1. The van der Waals surface area contributed by atoms with E-state index in [-0.39, 0.29) is 23.6 Å². The van der Waals surface area contributed by atoms with Crippen LogP contribution in [0, 0.1) is 0 Å². The minimum absolute atomic E-state index is 0.0867. The summed E-state index contributed by atoms with van der Waals surface area (Å²) in [5.74, 6) is 0.388. The fourth-order valence-electron chi connectivity index (χ4n) is 3.54. The first-order chi connectivity index (χ1) is 13.6. The summed E-state index contributed by atoms with van der Waals surface area (Å²) in [6, 6.07) is 12.8. The maximum absolute atomic E-state index is 12.9. The molecule has 1 unspecified atom stereocenters. The molecule has 6 nitrogen and oxygen atoms in total. The van der Waals surface area contributed by atoms with Crippen LogP contribution in [0.3, 0.4) is 0 Å². The number of hydrogen-bond acceptors (Lipinski definition) is 4. The van der Waals surface area contributed by atoms with Crippen molar-refractivity contribution < 1.29 is 14.3 Å². The Hall–Kier alpha value is -2.89. The van der Waals surface area contributed by atoms with Crippen LogP contribution < -0.4 is 10.1 Å². The van der Waals surface area contributed by atoms with E-state index in [0.29, 0.717) is 12.2 Å². The first-order valence-corrected chi connectivity index (χ1v) is 9.81. The summed E-state index contributed by atoms with van der Waals surface area (Å²) in [5.41, 5.74) is 1.54. The number of methoxy groups -OCH3 is 1. The Labute approximate surface area is 165 Å². The van der Waals surface area contributed by atoms with E-state index in [4.69, 9.17) is 4.74 Å². The van der Waals surface area contributed by atoms with Crippen molar-refractivity contribution in [3.63, 3.8) is 0 Å². The lowest BCUT2D eigenvalue weighted by atomic mass is 9.99. The molecule has 1 aromatic carbocycles. The van der Waals surface area contributed by atoms with Gasteiger partial charge in [-0.2, -0.15) is 0 Å². The molecule has 0 aliphatic carbocycles. The van der Waals surface area contributed by atoms with Crippen molar-refractivity contribution in [3.8, 4) is 5.75 Å². The zero-order chi connectivity index (χ0) is 19.9. The van der Waals surface area contributed by atoms with Crippen LogP contribution in [0.5, 0.6) is 5.75 Å². The molecule has 0 bridgehead atoms. The molecule has 2 amide bonds. The second-order valence-electron chi connectivity index (χ2n) is 7.00. The molecule has 6 heteroatoms. The Kier molecular flexibility index (Phi) is 6.63. The van der Waals surface area contributed by atoms with E-state index >= 15 is 0 Å². The van der Waals surface area contributed by atoms with Gasteiger partial charge in [-0.15, -0.1) is 0 Å². The molecule has 1 aliphatic heterocycles. The standard InChI is InChI=1S/C22H27N3O3/c1-3-17-7-4-5-14-25(17)22(27)20-9-6-8-19(24-20)21(26)23-15-16-10-12-18(28-2)13-11-16/h6,8-13,17H,3-5,7,14-15H2,1-2H3,(H,23,26). The molecule has 2 heterocycles. The molecule has 28 heavy (non-hydrogen) atoms. The number of benzene rings is 1. The third-order valence-corrected chi connectivity index (χ3v) is 5.17. The monoisotopic (exact) mass is 381 g/mol. The first-order valence-electron chi connectivity index (χ1n) is 9.81. The Morgan fingerprint density at radius 1 is 1.14 bits per heavy atom. The summed E-state index contributed by atoms with van der Waals surface area (Å²) in [6.07, 6.45) is 4.14. The molecule has 1 saturated heterocycles. The Balaban J connectivity index is 1.66. The van der Waals surface area contributed by atoms with Gasteiger partial charge in [0.2, 0.25) is 0 Å². The lowest BCUT2D eigenvalue weighted by Gasteiger charge is -2.35. The van der Waals surface area contributed by atoms with Crippen LogP contribution in [-0.4, -0.2) is 41.4 Å². The lowest BCUT2D eigenvalue weighted by molar-refractivity contribution is 0.0602. The molecule has 0 spiro atoms. The molecule has 1 N–H and O–H groups in total. The van der Waals surface area contributed by atoms with Gasteiger partial charge in [0, 0.05) is 19.1 Å². The van der Waals surface area contributed by atoms with Crippen molar-refractivity contribution >= 4 is 11.8 Å². The molecule has 0 saturated carbocycles. The second kappa shape index (κ2) is 9.35. The number of amides is 2. The van der Waals surface area contributed by atoms with Gasteiger partial charge in [-0.05, 0) is 55.5 Å². The predicted molar refractivity (Wildman–Crippen MR) is 107 cm³/mol. The fourth-order valence-corrected chi connectivity index (χ4v) is 3.54. The number of hydrogen-bond donors (Lipinski definition) is 1. The van der Waals surface area contributed by atoms with E-state index in [1.54, 1.807) is 25.3 Å². The van der Waals surface area contributed by atoms with E-state index in [0.717, 1.165) is 43.5 Å². The van der Waals surface area contributed by atoms with Crippen molar-refractivity contribution in [3.05, 3.63) is 59.4 Å². The smallest absolute Gasteiger partial charge is 0.272 e. The molecular weight excluding hydrogens is 354 g/mol. The van der Waals surface area contributed by atoms with Crippen molar-refractivity contribution in [1.82, 2.24) is 15.2 Å². The number of aromatic nitrogens is 1. The number of rotatable bonds is 6. The third-order valence-electron chi connectivity index (χ3n) is 5.17. The lowest BCUT2D eigenvalue weighted by Crippen LogP contribution is -2.43. The topological polar surface area (TPSA) is 71.5 Å². The summed E-state index contributed by atoms with van der Waals surface area (Å²) in [6.45, 7) is 3.24. The Morgan fingerprint density at radius 2 is 1.89 bits per heavy atom. The minimum Gasteiger partial charge on any atom is -0.497 e. The number of ether oxygens (including phenoxy) is 1. The largest absolute Gasteiger partial charge is 0.497 e. The van der Waals surface area contributed by atoms with Crippen molar-refractivity contribution in [2.45, 2.75) is 45.2 Å². The normalized spacial score (nSPS) is 16.5. The molecule has 1 aliphatic rings. The van der Waals surface area contributed by atoms with Gasteiger partial charge in [0.15, 0.2) is 0 Å². The molecular formula is C22H27N3O3. The average molecular weight is 381 g/mol. The van der Waals surface area contributed by atoms with Crippen LogP contribution in [0.2, 0.25) is 0 Å². The molecule has 1 atom stereocenters. The second-order valence-corrected chi connectivity index (χ2v) is 7.00. The average Bonchev–Trinajstić information content (AvgIpc) is 2.77. The number of nitrogens with one attached hydrogen (secondary N) is 1. The predicted octanol–water partition coefficient (Wildman–Crippen LogP) is 3.42. The zero-order valence-corrected chi connectivity index (χ0v) is 16.5. The summed E-state index contributed by atoms with van der Waals surface area (Å²) in [5, 5.41) is 2.85. The molecule has 148 valence electrons. The quantitative estimate of drug-likeness (QED) is 0.832. The SMILES string of the molecule is CCC1CCCCN1C(=O)c1cccc(C(=O)NCc2ccc(OC)cc2)n1. The van der Waals surface area contributed by atoms with Crippen molar-refractivity contribution in [2.75, 3.05) is 13.7 Å². The van der Waals surface area contributed by atoms with Crippen LogP contribution in [0.4, 0.5) is 0 Å². The Morgan fingerprint density at radius 3 is 2.61 bits per heavy atom. The molecule has 2 aromatic rings. The Bertz CT molecular complexity index is 820. The number of likely N-dealkylation sites (tertiary alicyclic amines) is 1. The van der Waals surface area contributed by atoms with Gasteiger partial charge in [-0.1, -0.05) is 25.1 Å². The number of piperidine rings is 1. The van der Waals surface area contributed by atoms with Crippen molar-refractivity contribution in [1.29, 1.82) is 0 Å². The van der Waals surface area contributed by atoms with E-state index < -0.39 is 0 Å². The minimum atomic E-state index is -0.295. The molecule has 1 fully saturated rings. The highest BCUT2D eigenvalue weighted by molar-refractivity contribution is 5.96. The van der Waals surface area contributed by atoms with E-state index in [2.05, 4.69) is 17.2 Å². The molecule has 3 rings (SSSR count). The number of nitrogens with zero attached hydrogens (tertiary/aromatic N) is 2. The molecule has 1 aromatic heterocycles. The number of carbonyl (C=O) groups is 2. The van der Waals surface area contributed by atoms with Gasteiger partial charge in [0.25, 0.3) is 11.8 Å². The summed E-state index contributed by atoms with van der Waals surface area (Å²) in [4.78, 5) is 31.6.